The maximum absolute atomic E-state index is 14.0. The van der Waals surface area contributed by atoms with Crippen molar-refractivity contribution >= 4 is 21.9 Å². The van der Waals surface area contributed by atoms with E-state index in [9.17, 15) is 13.6 Å². The molecule has 2 aromatic carbocycles. The molecule has 1 aromatic heterocycles. The Kier molecular flexibility index (Phi) is 5.19. The third kappa shape index (κ3) is 4.09. The predicted octanol–water partition coefficient (Wildman–Crippen LogP) is 5.07. The Labute approximate surface area is 151 Å². The molecule has 1 heterocycles. The van der Waals surface area contributed by atoms with E-state index in [2.05, 4.69) is 20.9 Å². The van der Waals surface area contributed by atoms with Gasteiger partial charge in [-0.05, 0) is 42.5 Å². The Morgan fingerprint density at radius 2 is 1.88 bits per heavy atom. The number of hydrogen-bond donors (Lipinski definition) is 0. The first-order chi connectivity index (χ1) is 12.0. The summed E-state index contributed by atoms with van der Waals surface area (Å²) in [4.78, 5) is 16.6. The smallest absolute Gasteiger partial charge is 0.342 e. The lowest BCUT2D eigenvalue weighted by Gasteiger charge is -2.18. The van der Waals surface area contributed by atoms with Gasteiger partial charge in [-0.2, -0.15) is 0 Å². The molecule has 3 nitrogen and oxygen atoms in total. The van der Waals surface area contributed by atoms with Gasteiger partial charge in [0, 0.05) is 16.2 Å². The molecule has 0 aliphatic carbocycles. The van der Waals surface area contributed by atoms with E-state index in [-0.39, 0.29) is 5.56 Å². The van der Waals surface area contributed by atoms with Crippen LogP contribution in [0, 0.1) is 11.6 Å². The maximum atomic E-state index is 14.0. The quantitative estimate of drug-likeness (QED) is 0.570. The molecule has 3 rings (SSSR count). The summed E-state index contributed by atoms with van der Waals surface area (Å²) in [5, 5.41) is 0. The summed E-state index contributed by atoms with van der Waals surface area (Å²) in [7, 11) is 0. The van der Waals surface area contributed by atoms with E-state index in [0.29, 0.717) is 15.7 Å². The van der Waals surface area contributed by atoms with Crippen LogP contribution in [0.2, 0.25) is 0 Å². The minimum absolute atomic E-state index is 0.208. The number of aromatic nitrogens is 1. The lowest BCUT2D eigenvalue weighted by molar-refractivity contribution is 0.0364. The number of halogens is 3. The molecule has 25 heavy (non-hydrogen) atoms. The molecule has 6 heteroatoms. The topological polar surface area (TPSA) is 39.2 Å². The molecule has 0 amide bonds. The standard InChI is InChI=1S/C19H12BrF2NO2/c20-13-7-8-15(16(22)11-13)19(24)25-18(17-6-1-2-9-23-17)12-4-3-5-14(21)10-12/h1-11,18H. The minimum atomic E-state index is -0.951. The molecule has 1 unspecified atom stereocenters. The van der Waals surface area contributed by atoms with Crippen molar-refractivity contribution in [1.82, 2.24) is 4.98 Å². The lowest BCUT2D eigenvalue weighted by Crippen LogP contribution is -2.15. The highest BCUT2D eigenvalue weighted by Gasteiger charge is 2.23. The van der Waals surface area contributed by atoms with Gasteiger partial charge in [0.15, 0.2) is 6.10 Å². The van der Waals surface area contributed by atoms with Crippen LogP contribution in [0.25, 0.3) is 0 Å². The summed E-state index contributed by atoms with van der Waals surface area (Å²) in [6.45, 7) is 0. The number of pyridine rings is 1. The second-order valence-electron chi connectivity index (χ2n) is 5.22. The lowest BCUT2D eigenvalue weighted by atomic mass is 10.1. The van der Waals surface area contributed by atoms with E-state index in [1.54, 1.807) is 24.3 Å². The average molecular weight is 404 g/mol. The molecule has 0 bridgehead atoms. The van der Waals surface area contributed by atoms with Gasteiger partial charge in [0.25, 0.3) is 0 Å². The summed E-state index contributed by atoms with van der Waals surface area (Å²) in [5.74, 6) is -2.03. The number of carbonyl (C=O) groups excluding carboxylic acids is 1. The summed E-state index contributed by atoms with van der Waals surface area (Å²) >= 11 is 3.13. The van der Waals surface area contributed by atoms with E-state index in [1.165, 1.54) is 42.6 Å². The second kappa shape index (κ2) is 7.53. The fourth-order valence-corrected chi connectivity index (χ4v) is 2.66. The Hall–Kier alpha value is -2.60. The molecule has 0 saturated carbocycles. The van der Waals surface area contributed by atoms with Crippen molar-refractivity contribution < 1.29 is 18.3 Å². The first-order valence-electron chi connectivity index (χ1n) is 7.37. The molecule has 126 valence electrons. The first kappa shape index (κ1) is 17.2. The van der Waals surface area contributed by atoms with Crippen LogP contribution in [0.5, 0.6) is 0 Å². The summed E-state index contributed by atoms with van der Waals surface area (Å²) in [5.41, 5.74) is 0.615. The van der Waals surface area contributed by atoms with E-state index in [0.717, 1.165) is 0 Å². The van der Waals surface area contributed by atoms with Crippen LogP contribution in [-0.4, -0.2) is 11.0 Å². The Balaban J connectivity index is 1.96. The highest BCUT2D eigenvalue weighted by Crippen LogP contribution is 2.27. The molecule has 0 radical (unpaired) electrons. The number of carbonyl (C=O) groups is 1. The van der Waals surface area contributed by atoms with E-state index in [4.69, 9.17) is 4.74 Å². The average Bonchev–Trinajstić information content (AvgIpc) is 2.60. The molecular weight excluding hydrogens is 392 g/mol. The van der Waals surface area contributed by atoms with Crippen molar-refractivity contribution in [2.45, 2.75) is 6.10 Å². The Morgan fingerprint density at radius 1 is 1.04 bits per heavy atom. The van der Waals surface area contributed by atoms with Crippen molar-refractivity contribution in [3.63, 3.8) is 0 Å². The molecule has 0 aliphatic heterocycles. The van der Waals surface area contributed by atoms with Crippen molar-refractivity contribution in [3.8, 4) is 0 Å². The monoisotopic (exact) mass is 403 g/mol. The number of benzene rings is 2. The van der Waals surface area contributed by atoms with Crippen molar-refractivity contribution in [3.05, 3.63) is 99.8 Å². The number of hydrogen-bond acceptors (Lipinski definition) is 3. The van der Waals surface area contributed by atoms with E-state index >= 15 is 0 Å². The summed E-state index contributed by atoms with van der Waals surface area (Å²) < 4.78 is 33.6. The molecule has 0 fully saturated rings. The third-order valence-electron chi connectivity index (χ3n) is 3.48. The van der Waals surface area contributed by atoms with Crippen LogP contribution >= 0.6 is 15.9 Å². The maximum Gasteiger partial charge on any atom is 0.342 e. The van der Waals surface area contributed by atoms with Crippen LogP contribution in [0.1, 0.15) is 27.7 Å². The number of nitrogens with zero attached hydrogens (tertiary/aromatic N) is 1. The fraction of sp³-hybridized carbons (Fsp3) is 0.0526. The van der Waals surface area contributed by atoms with Gasteiger partial charge < -0.3 is 4.74 Å². The van der Waals surface area contributed by atoms with Gasteiger partial charge >= 0.3 is 5.97 Å². The van der Waals surface area contributed by atoms with Crippen LogP contribution in [-0.2, 0) is 4.74 Å². The molecular formula is C19H12BrF2NO2. The van der Waals surface area contributed by atoms with Gasteiger partial charge in [0.05, 0.1) is 11.3 Å². The minimum Gasteiger partial charge on any atom is -0.447 e. The van der Waals surface area contributed by atoms with Crippen LogP contribution < -0.4 is 0 Å². The molecule has 0 aliphatic rings. The Bertz CT molecular complexity index is 903. The van der Waals surface area contributed by atoms with Crippen LogP contribution in [0.3, 0.4) is 0 Å². The van der Waals surface area contributed by atoms with Gasteiger partial charge in [0.1, 0.15) is 11.6 Å². The highest BCUT2D eigenvalue weighted by molar-refractivity contribution is 9.10. The zero-order valence-electron chi connectivity index (χ0n) is 12.8. The fourth-order valence-electron chi connectivity index (χ4n) is 2.33. The van der Waals surface area contributed by atoms with Gasteiger partial charge in [0.2, 0.25) is 0 Å². The van der Waals surface area contributed by atoms with Crippen molar-refractivity contribution in [1.29, 1.82) is 0 Å². The van der Waals surface area contributed by atoms with Crippen LogP contribution in [0.4, 0.5) is 8.78 Å². The van der Waals surface area contributed by atoms with Crippen LogP contribution in [0.15, 0.2) is 71.3 Å². The van der Waals surface area contributed by atoms with Crippen molar-refractivity contribution in [2.24, 2.45) is 0 Å². The van der Waals surface area contributed by atoms with Gasteiger partial charge in [-0.1, -0.05) is 34.1 Å². The number of esters is 1. The zero-order chi connectivity index (χ0) is 17.8. The van der Waals surface area contributed by atoms with Gasteiger partial charge in [-0.3, -0.25) is 4.98 Å². The molecule has 3 aromatic rings. The molecule has 1 atom stereocenters. The predicted molar refractivity (Wildman–Crippen MR) is 92.0 cm³/mol. The zero-order valence-corrected chi connectivity index (χ0v) is 14.4. The van der Waals surface area contributed by atoms with E-state index in [1.807, 2.05) is 0 Å². The normalized spacial score (nSPS) is 11.8. The molecule has 0 spiro atoms. The molecule has 0 saturated heterocycles. The third-order valence-corrected chi connectivity index (χ3v) is 3.98. The summed E-state index contributed by atoms with van der Waals surface area (Å²) in [6.07, 6.45) is 0.586. The number of rotatable bonds is 4. The largest absolute Gasteiger partial charge is 0.447 e. The van der Waals surface area contributed by atoms with Gasteiger partial charge in [-0.15, -0.1) is 0 Å². The molecule has 0 N–H and O–H groups in total. The highest BCUT2D eigenvalue weighted by atomic mass is 79.9. The second-order valence-corrected chi connectivity index (χ2v) is 6.13. The summed E-state index contributed by atoms with van der Waals surface area (Å²) in [6, 6.07) is 14.8. The Morgan fingerprint density at radius 3 is 2.56 bits per heavy atom. The van der Waals surface area contributed by atoms with Gasteiger partial charge in [-0.25, -0.2) is 13.6 Å². The SMILES string of the molecule is O=C(OC(c1cccc(F)c1)c1ccccn1)c1ccc(Br)cc1F. The van der Waals surface area contributed by atoms with Crippen molar-refractivity contribution in [2.75, 3.05) is 0 Å². The first-order valence-corrected chi connectivity index (χ1v) is 8.16. The number of ether oxygens (including phenoxy) is 1. The van der Waals surface area contributed by atoms with E-state index < -0.39 is 23.7 Å².